The molecule has 1 aromatic carbocycles. The highest BCUT2D eigenvalue weighted by Gasteiger charge is 2.27. The van der Waals surface area contributed by atoms with E-state index in [1.54, 1.807) is 0 Å². The van der Waals surface area contributed by atoms with E-state index in [1.807, 2.05) is 0 Å². The standard InChI is InChI=1S/C17H28N2/c1-13-11-15(3)16(4)19(12-13)10-9-18-17-8-6-5-7-14(17)2/h5-8,13,15-16,18H,9-12H2,1-4H3. The molecule has 3 atom stereocenters. The second-order valence-electron chi connectivity index (χ2n) is 6.30. The van der Waals surface area contributed by atoms with Crippen LogP contribution in [0.3, 0.4) is 0 Å². The third kappa shape index (κ3) is 3.73. The molecule has 2 nitrogen and oxygen atoms in total. The molecule has 19 heavy (non-hydrogen) atoms. The Kier molecular flexibility index (Phi) is 4.87. The molecule has 0 aromatic heterocycles. The first-order valence-corrected chi connectivity index (χ1v) is 7.61. The second-order valence-corrected chi connectivity index (χ2v) is 6.30. The molecule has 0 spiro atoms. The van der Waals surface area contributed by atoms with Gasteiger partial charge in [0.2, 0.25) is 0 Å². The van der Waals surface area contributed by atoms with Crippen LogP contribution in [0.25, 0.3) is 0 Å². The Bertz CT molecular complexity index is 402. The van der Waals surface area contributed by atoms with Crippen molar-refractivity contribution in [1.82, 2.24) is 4.90 Å². The maximum atomic E-state index is 3.57. The summed E-state index contributed by atoms with van der Waals surface area (Å²) >= 11 is 0. The zero-order chi connectivity index (χ0) is 13.8. The van der Waals surface area contributed by atoms with E-state index in [9.17, 15) is 0 Å². The Morgan fingerprint density at radius 1 is 1.21 bits per heavy atom. The first-order valence-electron chi connectivity index (χ1n) is 7.61. The molecule has 3 unspecified atom stereocenters. The van der Waals surface area contributed by atoms with Gasteiger partial charge in [-0.3, -0.25) is 4.90 Å². The zero-order valence-electron chi connectivity index (χ0n) is 12.8. The Morgan fingerprint density at radius 2 is 1.95 bits per heavy atom. The highest BCUT2D eigenvalue weighted by Crippen LogP contribution is 2.26. The number of aryl methyl sites for hydroxylation is 1. The van der Waals surface area contributed by atoms with Crippen LogP contribution in [-0.4, -0.2) is 30.6 Å². The Hall–Kier alpha value is -1.02. The average molecular weight is 260 g/mol. The van der Waals surface area contributed by atoms with Gasteiger partial charge in [0.25, 0.3) is 0 Å². The van der Waals surface area contributed by atoms with Gasteiger partial charge in [0, 0.05) is 31.4 Å². The summed E-state index contributed by atoms with van der Waals surface area (Å²) in [5.74, 6) is 1.66. The van der Waals surface area contributed by atoms with Crippen molar-refractivity contribution in [3.8, 4) is 0 Å². The predicted molar refractivity (Wildman–Crippen MR) is 83.6 cm³/mol. The summed E-state index contributed by atoms with van der Waals surface area (Å²) in [6, 6.07) is 9.24. The number of likely N-dealkylation sites (tertiary alicyclic amines) is 1. The van der Waals surface area contributed by atoms with Crippen molar-refractivity contribution >= 4 is 5.69 Å². The molecule has 1 fully saturated rings. The molecule has 1 aliphatic heterocycles. The SMILES string of the molecule is Cc1ccccc1NCCN1CC(C)CC(C)C1C. The van der Waals surface area contributed by atoms with Crippen molar-refractivity contribution in [1.29, 1.82) is 0 Å². The maximum Gasteiger partial charge on any atom is 0.0370 e. The Morgan fingerprint density at radius 3 is 2.68 bits per heavy atom. The van der Waals surface area contributed by atoms with Crippen LogP contribution in [0, 0.1) is 18.8 Å². The highest BCUT2D eigenvalue weighted by atomic mass is 15.2. The summed E-state index contributed by atoms with van der Waals surface area (Å²) < 4.78 is 0. The Labute approximate surface area is 118 Å². The van der Waals surface area contributed by atoms with Gasteiger partial charge >= 0.3 is 0 Å². The number of piperidine rings is 1. The summed E-state index contributed by atoms with van der Waals surface area (Å²) in [5, 5.41) is 3.57. The molecule has 1 heterocycles. The summed E-state index contributed by atoms with van der Waals surface area (Å²) in [6.45, 7) is 12.7. The number of nitrogens with zero attached hydrogens (tertiary/aromatic N) is 1. The van der Waals surface area contributed by atoms with Crippen LogP contribution in [0.2, 0.25) is 0 Å². The number of anilines is 1. The van der Waals surface area contributed by atoms with Crippen LogP contribution in [0.1, 0.15) is 32.8 Å². The lowest BCUT2D eigenvalue weighted by atomic mass is 9.86. The first-order chi connectivity index (χ1) is 9.08. The number of rotatable bonds is 4. The third-order valence-corrected chi connectivity index (χ3v) is 4.58. The van der Waals surface area contributed by atoms with Gasteiger partial charge in [-0.05, 0) is 43.7 Å². The molecular formula is C17H28N2. The summed E-state index contributed by atoms with van der Waals surface area (Å²) in [6.07, 6.45) is 1.38. The van der Waals surface area contributed by atoms with E-state index in [0.717, 1.165) is 31.0 Å². The van der Waals surface area contributed by atoms with Crippen molar-refractivity contribution in [3.05, 3.63) is 29.8 Å². The number of hydrogen-bond donors (Lipinski definition) is 1. The van der Waals surface area contributed by atoms with Crippen molar-refractivity contribution in [2.75, 3.05) is 25.0 Å². The van der Waals surface area contributed by atoms with Gasteiger partial charge in [0.1, 0.15) is 0 Å². The van der Waals surface area contributed by atoms with Crippen molar-refractivity contribution in [2.45, 2.75) is 40.2 Å². The van der Waals surface area contributed by atoms with E-state index in [1.165, 1.54) is 24.2 Å². The summed E-state index contributed by atoms with van der Waals surface area (Å²) in [5.41, 5.74) is 2.60. The molecule has 2 heteroatoms. The molecule has 2 rings (SSSR count). The van der Waals surface area contributed by atoms with Gasteiger partial charge in [-0.2, -0.15) is 0 Å². The smallest absolute Gasteiger partial charge is 0.0370 e. The fourth-order valence-corrected chi connectivity index (χ4v) is 3.23. The fourth-order valence-electron chi connectivity index (χ4n) is 3.23. The van der Waals surface area contributed by atoms with Crippen LogP contribution >= 0.6 is 0 Å². The molecule has 1 N–H and O–H groups in total. The quantitative estimate of drug-likeness (QED) is 0.886. The molecule has 1 aliphatic rings. The summed E-state index contributed by atoms with van der Waals surface area (Å²) in [4.78, 5) is 2.64. The second kappa shape index (κ2) is 6.42. The van der Waals surface area contributed by atoms with E-state index in [4.69, 9.17) is 0 Å². The largest absolute Gasteiger partial charge is 0.384 e. The lowest BCUT2D eigenvalue weighted by Crippen LogP contribution is -2.47. The molecule has 0 bridgehead atoms. The number of nitrogens with one attached hydrogen (secondary N) is 1. The van der Waals surface area contributed by atoms with Gasteiger partial charge in [-0.25, -0.2) is 0 Å². The lowest BCUT2D eigenvalue weighted by Gasteiger charge is -2.41. The predicted octanol–water partition coefficient (Wildman–Crippen LogP) is 3.77. The van der Waals surface area contributed by atoms with Gasteiger partial charge in [0.15, 0.2) is 0 Å². The molecule has 1 saturated heterocycles. The van der Waals surface area contributed by atoms with Crippen LogP contribution in [-0.2, 0) is 0 Å². The van der Waals surface area contributed by atoms with Crippen LogP contribution in [0.4, 0.5) is 5.69 Å². The first kappa shape index (κ1) is 14.4. The van der Waals surface area contributed by atoms with Gasteiger partial charge in [-0.15, -0.1) is 0 Å². The number of para-hydroxylation sites is 1. The summed E-state index contributed by atoms with van der Waals surface area (Å²) in [7, 11) is 0. The van der Waals surface area contributed by atoms with Gasteiger partial charge < -0.3 is 5.32 Å². The molecule has 0 radical (unpaired) electrons. The minimum absolute atomic E-state index is 0.717. The van der Waals surface area contributed by atoms with Crippen molar-refractivity contribution < 1.29 is 0 Å². The van der Waals surface area contributed by atoms with Crippen LogP contribution in [0.15, 0.2) is 24.3 Å². The van der Waals surface area contributed by atoms with E-state index >= 15 is 0 Å². The van der Waals surface area contributed by atoms with Crippen molar-refractivity contribution in [3.63, 3.8) is 0 Å². The topological polar surface area (TPSA) is 15.3 Å². The molecule has 106 valence electrons. The minimum atomic E-state index is 0.717. The zero-order valence-corrected chi connectivity index (χ0v) is 12.8. The lowest BCUT2D eigenvalue weighted by molar-refractivity contribution is 0.0839. The molecular weight excluding hydrogens is 232 g/mol. The average Bonchev–Trinajstić information content (AvgIpc) is 2.37. The molecule has 0 amide bonds. The number of benzene rings is 1. The molecule has 0 saturated carbocycles. The normalized spacial score (nSPS) is 28.3. The molecule has 0 aliphatic carbocycles. The van der Waals surface area contributed by atoms with Gasteiger partial charge in [-0.1, -0.05) is 32.0 Å². The number of hydrogen-bond acceptors (Lipinski definition) is 2. The Balaban J connectivity index is 1.83. The minimum Gasteiger partial charge on any atom is -0.384 e. The van der Waals surface area contributed by atoms with Crippen LogP contribution in [0.5, 0.6) is 0 Å². The fraction of sp³-hybridized carbons (Fsp3) is 0.647. The highest BCUT2D eigenvalue weighted by molar-refractivity contribution is 5.50. The van der Waals surface area contributed by atoms with E-state index in [-0.39, 0.29) is 0 Å². The third-order valence-electron chi connectivity index (χ3n) is 4.58. The molecule has 1 aromatic rings. The van der Waals surface area contributed by atoms with Crippen LogP contribution < -0.4 is 5.32 Å². The monoisotopic (exact) mass is 260 g/mol. The maximum absolute atomic E-state index is 3.57. The van der Waals surface area contributed by atoms with E-state index < -0.39 is 0 Å². The van der Waals surface area contributed by atoms with E-state index in [0.29, 0.717) is 0 Å². The van der Waals surface area contributed by atoms with E-state index in [2.05, 4.69) is 62.2 Å². The van der Waals surface area contributed by atoms with Crippen molar-refractivity contribution in [2.24, 2.45) is 11.8 Å². The van der Waals surface area contributed by atoms with Gasteiger partial charge in [0.05, 0.1) is 0 Å².